The Morgan fingerprint density at radius 3 is 2.14 bits per heavy atom. The molecular weight excluding hydrogens is 499 g/mol. The topological polar surface area (TPSA) is 66.5 Å². The molecule has 0 radical (unpaired) electrons. The Kier molecular flexibility index (Phi) is 7.22. The van der Waals surface area contributed by atoms with Crippen molar-refractivity contribution >= 4 is 73.7 Å². The number of hydrogen-bond donors (Lipinski definition) is 1. The number of halogens is 7. The van der Waals surface area contributed by atoms with Gasteiger partial charge in [0.25, 0.3) is 0 Å². The highest BCUT2D eigenvalue weighted by Gasteiger charge is 2.33. The predicted molar refractivity (Wildman–Crippen MR) is 109 cm³/mol. The van der Waals surface area contributed by atoms with E-state index in [-0.39, 0.29) is 26.4 Å². The molecular formula is C16H11Cl4F3N2O3S. The summed E-state index contributed by atoms with van der Waals surface area (Å²) in [6, 6.07) is 5.10. The number of anilines is 2. The summed E-state index contributed by atoms with van der Waals surface area (Å²) in [4.78, 5) is 12.3. The van der Waals surface area contributed by atoms with Gasteiger partial charge in [-0.25, -0.2) is 8.42 Å². The zero-order valence-corrected chi connectivity index (χ0v) is 18.2. The van der Waals surface area contributed by atoms with Crippen molar-refractivity contribution in [2.75, 3.05) is 22.4 Å². The quantitative estimate of drug-likeness (QED) is 0.524. The van der Waals surface area contributed by atoms with Crippen LogP contribution in [0.4, 0.5) is 24.5 Å². The molecule has 0 aliphatic rings. The lowest BCUT2D eigenvalue weighted by molar-refractivity contribution is -0.137. The average molecular weight is 510 g/mol. The van der Waals surface area contributed by atoms with Gasteiger partial charge < -0.3 is 5.32 Å². The number of nitrogens with one attached hydrogen (secondary N) is 1. The van der Waals surface area contributed by atoms with Gasteiger partial charge in [-0.05, 0) is 30.3 Å². The third kappa shape index (κ3) is 6.05. The van der Waals surface area contributed by atoms with E-state index < -0.39 is 39.2 Å². The molecule has 0 heterocycles. The Bertz CT molecular complexity index is 1060. The maximum Gasteiger partial charge on any atom is 0.417 e. The van der Waals surface area contributed by atoms with Crippen LogP contribution in [-0.2, 0) is 21.0 Å². The van der Waals surface area contributed by atoms with Crippen LogP contribution in [0.1, 0.15) is 5.56 Å². The largest absolute Gasteiger partial charge is 0.417 e. The molecule has 0 bridgehead atoms. The van der Waals surface area contributed by atoms with Gasteiger partial charge in [0.1, 0.15) is 6.54 Å². The second-order valence-electron chi connectivity index (χ2n) is 5.73. The second kappa shape index (κ2) is 8.77. The van der Waals surface area contributed by atoms with Crippen molar-refractivity contribution in [3.05, 3.63) is 56.0 Å². The van der Waals surface area contributed by atoms with E-state index in [0.29, 0.717) is 10.4 Å². The Balaban J connectivity index is 2.33. The van der Waals surface area contributed by atoms with Gasteiger partial charge in [-0.2, -0.15) is 13.2 Å². The summed E-state index contributed by atoms with van der Waals surface area (Å²) in [6.45, 7) is -0.777. The van der Waals surface area contributed by atoms with E-state index in [2.05, 4.69) is 5.32 Å². The molecule has 1 amide bonds. The molecule has 1 N–H and O–H groups in total. The lowest BCUT2D eigenvalue weighted by atomic mass is 10.2. The minimum absolute atomic E-state index is 0.00681. The summed E-state index contributed by atoms with van der Waals surface area (Å²) in [5, 5.41) is 1.62. The Hall–Kier alpha value is -1.39. The minimum atomic E-state index is -4.73. The molecule has 0 aliphatic carbocycles. The van der Waals surface area contributed by atoms with Gasteiger partial charge in [0.05, 0.1) is 37.6 Å². The smallest absolute Gasteiger partial charge is 0.324 e. The van der Waals surface area contributed by atoms with Gasteiger partial charge in [-0.15, -0.1) is 0 Å². The molecule has 2 aromatic rings. The fourth-order valence-electron chi connectivity index (χ4n) is 2.24. The molecule has 5 nitrogen and oxygen atoms in total. The van der Waals surface area contributed by atoms with Crippen LogP contribution >= 0.6 is 46.4 Å². The van der Waals surface area contributed by atoms with Gasteiger partial charge in [0.2, 0.25) is 15.9 Å². The van der Waals surface area contributed by atoms with E-state index in [9.17, 15) is 26.4 Å². The molecule has 0 atom stereocenters. The summed E-state index contributed by atoms with van der Waals surface area (Å²) in [5.41, 5.74) is -1.49. The van der Waals surface area contributed by atoms with Crippen molar-refractivity contribution in [3.63, 3.8) is 0 Å². The number of nitrogens with zero attached hydrogens (tertiary/aromatic N) is 1. The molecule has 0 saturated heterocycles. The molecule has 0 unspecified atom stereocenters. The van der Waals surface area contributed by atoms with Crippen LogP contribution < -0.4 is 9.62 Å². The summed E-state index contributed by atoms with van der Waals surface area (Å²) < 4.78 is 63.8. The van der Waals surface area contributed by atoms with Crippen molar-refractivity contribution in [3.8, 4) is 0 Å². The maximum absolute atomic E-state index is 12.9. The summed E-state index contributed by atoms with van der Waals surface area (Å²) in [7, 11) is -4.01. The van der Waals surface area contributed by atoms with E-state index >= 15 is 0 Å². The standard InChI is InChI=1S/C16H11Cl4F3N2O3S/c1-29(27,28)25(14-6-12(19)11(18)5-13(14)20)7-15(26)24-8-2-3-10(17)9(4-8)16(21,22)23/h2-6H,7H2,1H3,(H,24,26). The lowest BCUT2D eigenvalue weighted by Crippen LogP contribution is -2.37. The van der Waals surface area contributed by atoms with E-state index in [4.69, 9.17) is 46.4 Å². The van der Waals surface area contributed by atoms with Gasteiger partial charge in [0.15, 0.2) is 0 Å². The second-order valence-corrected chi connectivity index (χ2v) is 9.26. The van der Waals surface area contributed by atoms with Crippen LogP contribution in [0.5, 0.6) is 0 Å². The van der Waals surface area contributed by atoms with E-state index in [0.717, 1.165) is 24.5 Å². The SMILES string of the molecule is CS(=O)(=O)N(CC(=O)Nc1ccc(Cl)c(C(F)(F)F)c1)c1cc(Cl)c(Cl)cc1Cl. The first kappa shape index (κ1) is 23.9. The molecule has 158 valence electrons. The number of sulfonamides is 1. The number of alkyl halides is 3. The lowest BCUT2D eigenvalue weighted by Gasteiger charge is -2.23. The Morgan fingerprint density at radius 1 is 1.00 bits per heavy atom. The van der Waals surface area contributed by atoms with Crippen molar-refractivity contribution in [1.29, 1.82) is 0 Å². The molecule has 2 rings (SSSR count). The average Bonchev–Trinajstić information content (AvgIpc) is 2.56. The van der Waals surface area contributed by atoms with E-state index in [1.807, 2.05) is 0 Å². The highest BCUT2D eigenvalue weighted by molar-refractivity contribution is 7.92. The molecule has 0 aliphatic heterocycles. The normalized spacial score (nSPS) is 12.0. The summed E-state index contributed by atoms with van der Waals surface area (Å²) >= 11 is 23.2. The van der Waals surface area contributed by atoms with E-state index in [1.165, 1.54) is 6.07 Å². The monoisotopic (exact) mass is 508 g/mol. The van der Waals surface area contributed by atoms with E-state index in [1.54, 1.807) is 0 Å². The molecule has 0 fully saturated rings. The zero-order valence-electron chi connectivity index (χ0n) is 14.3. The zero-order chi connectivity index (χ0) is 22.1. The molecule has 2 aromatic carbocycles. The van der Waals surface area contributed by atoms with Gasteiger partial charge >= 0.3 is 6.18 Å². The number of amides is 1. The van der Waals surface area contributed by atoms with Crippen LogP contribution in [0.25, 0.3) is 0 Å². The van der Waals surface area contributed by atoms with Gasteiger partial charge in [0, 0.05) is 5.69 Å². The first-order chi connectivity index (χ1) is 13.2. The molecule has 0 saturated carbocycles. The first-order valence-electron chi connectivity index (χ1n) is 7.49. The number of carbonyl (C=O) groups is 1. The number of carbonyl (C=O) groups excluding carboxylic acids is 1. The van der Waals surface area contributed by atoms with Crippen molar-refractivity contribution in [1.82, 2.24) is 0 Å². The highest BCUT2D eigenvalue weighted by Crippen LogP contribution is 2.37. The van der Waals surface area contributed by atoms with Crippen LogP contribution in [0.15, 0.2) is 30.3 Å². The fraction of sp³-hybridized carbons (Fsp3) is 0.188. The number of hydrogen-bond acceptors (Lipinski definition) is 3. The minimum Gasteiger partial charge on any atom is -0.324 e. The first-order valence-corrected chi connectivity index (χ1v) is 10.8. The Labute approximate surface area is 184 Å². The predicted octanol–water partition coefficient (Wildman–Crippen LogP) is 5.72. The van der Waals surface area contributed by atoms with Crippen LogP contribution in [0.3, 0.4) is 0 Å². The molecule has 0 spiro atoms. The van der Waals surface area contributed by atoms with Crippen LogP contribution in [0, 0.1) is 0 Å². The molecule has 13 heteroatoms. The third-order valence-corrected chi connectivity index (χ3v) is 5.98. The Morgan fingerprint density at radius 2 is 1.59 bits per heavy atom. The van der Waals surface area contributed by atoms with Crippen molar-refractivity contribution in [2.24, 2.45) is 0 Å². The summed E-state index contributed by atoms with van der Waals surface area (Å²) in [6.07, 6.45) is -3.91. The molecule has 29 heavy (non-hydrogen) atoms. The maximum atomic E-state index is 12.9. The number of rotatable bonds is 5. The fourth-order valence-corrected chi connectivity index (χ4v) is 4.01. The highest BCUT2D eigenvalue weighted by atomic mass is 35.5. The van der Waals surface area contributed by atoms with Crippen LogP contribution in [-0.4, -0.2) is 27.1 Å². The third-order valence-electron chi connectivity index (χ3n) is 3.50. The van der Waals surface area contributed by atoms with Gasteiger partial charge in [-0.1, -0.05) is 46.4 Å². The van der Waals surface area contributed by atoms with Crippen molar-refractivity contribution in [2.45, 2.75) is 6.18 Å². The molecule has 0 aromatic heterocycles. The number of benzene rings is 2. The van der Waals surface area contributed by atoms with Crippen molar-refractivity contribution < 1.29 is 26.4 Å². The van der Waals surface area contributed by atoms with Crippen LogP contribution in [0.2, 0.25) is 20.1 Å². The van der Waals surface area contributed by atoms with Gasteiger partial charge in [-0.3, -0.25) is 9.10 Å². The summed E-state index contributed by atoms with van der Waals surface area (Å²) in [5.74, 6) is -0.923.